The van der Waals surface area contributed by atoms with Crippen LogP contribution in [0.15, 0.2) is 59.6 Å². The highest BCUT2D eigenvalue weighted by molar-refractivity contribution is 7.19. The van der Waals surface area contributed by atoms with Crippen molar-refractivity contribution in [2.75, 3.05) is 20.2 Å². The van der Waals surface area contributed by atoms with Crippen LogP contribution in [0.25, 0.3) is 10.1 Å². The van der Waals surface area contributed by atoms with Crippen LogP contribution >= 0.6 is 11.3 Å². The fourth-order valence-electron chi connectivity index (χ4n) is 2.74. The van der Waals surface area contributed by atoms with Crippen molar-refractivity contribution in [3.63, 3.8) is 0 Å². The number of hydrogen-bond acceptors (Lipinski definition) is 4. The van der Waals surface area contributed by atoms with Crippen molar-refractivity contribution < 1.29 is 23.0 Å². The normalized spacial score (nSPS) is 13.3. The zero-order valence-electron chi connectivity index (χ0n) is 16.2. The lowest BCUT2D eigenvalue weighted by atomic mass is 10.2. The topological polar surface area (TPSA) is 65.9 Å². The molecule has 1 unspecified atom stereocenters. The van der Waals surface area contributed by atoms with Gasteiger partial charge in [0.15, 0.2) is 12.6 Å². The molecule has 0 aliphatic heterocycles. The third-order valence-corrected chi connectivity index (χ3v) is 5.46. The second-order valence-corrected chi connectivity index (χ2v) is 7.67. The molecule has 1 heterocycles. The number of fused-ring (bicyclic) bond motifs is 1. The number of aliphatic hydroxyl groups is 1. The van der Waals surface area contributed by atoms with Crippen molar-refractivity contribution in [1.29, 1.82) is 0 Å². The number of nitrogens with zero attached hydrogens (tertiary/aromatic N) is 1. The van der Waals surface area contributed by atoms with Gasteiger partial charge in [-0.25, -0.2) is 0 Å². The molecule has 3 rings (SSSR count). The summed E-state index contributed by atoms with van der Waals surface area (Å²) in [4.78, 5) is 4.99. The molecule has 1 atom stereocenters. The summed E-state index contributed by atoms with van der Waals surface area (Å²) >= 11 is 1.55. The molecule has 0 aliphatic rings. The van der Waals surface area contributed by atoms with Gasteiger partial charge in [0.05, 0.1) is 0 Å². The summed E-state index contributed by atoms with van der Waals surface area (Å²) in [6, 6.07) is 16.3. The van der Waals surface area contributed by atoms with Gasteiger partial charge in [0.1, 0.15) is 11.9 Å². The lowest BCUT2D eigenvalue weighted by Crippen LogP contribution is -2.38. The van der Waals surface area contributed by atoms with Gasteiger partial charge in [-0.3, -0.25) is 4.99 Å². The number of aliphatic imine (C=N–C) groups is 1. The third-order valence-electron chi connectivity index (χ3n) is 4.25. The van der Waals surface area contributed by atoms with Crippen molar-refractivity contribution in [3.8, 4) is 5.75 Å². The zero-order chi connectivity index (χ0) is 21.6. The molecule has 0 saturated heterocycles. The van der Waals surface area contributed by atoms with E-state index < -0.39 is 18.9 Å². The van der Waals surface area contributed by atoms with E-state index in [1.807, 2.05) is 30.3 Å². The molecule has 0 bridgehead atoms. The van der Waals surface area contributed by atoms with Crippen molar-refractivity contribution in [1.82, 2.24) is 10.6 Å². The average molecular weight is 437 g/mol. The summed E-state index contributed by atoms with van der Waals surface area (Å²) in [6.07, 6.45) is -5.04. The summed E-state index contributed by atoms with van der Waals surface area (Å²) in [5.74, 6) is 0.664. The van der Waals surface area contributed by atoms with E-state index in [0.717, 1.165) is 20.5 Å². The lowest BCUT2D eigenvalue weighted by Gasteiger charge is -2.15. The molecular weight excluding hydrogens is 415 g/mol. The number of aliphatic hydroxyl groups excluding tert-OH is 1. The molecule has 0 fully saturated rings. The highest BCUT2D eigenvalue weighted by Gasteiger charge is 2.28. The molecule has 2 aromatic carbocycles. The summed E-state index contributed by atoms with van der Waals surface area (Å²) in [7, 11) is 1.62. The first-order chi connectivity index (χ1) is 14.3. The van der Waals surface area contributed by atoms with Crippen LogP contribution in [-0.4, -0.2) is 37.4 Å². The van der Waals surface area contributed by atoms with E-state index in [-0.39, 0.29) is 12.3 Å². The Morgan fingerprint density at radius 3 is 2.53 bits per heavy atom. The molecular formula is C21H22F3N3O2S. The molecule has 0 radical (unpaired) electrons. The molecule has 0 saturated carbocycles. The van der Waals surface area contributed by atoms with Crippen molar-refractivity contribution in [2.24, 2.45) is 4.99 Å². The number of hydrogen-bond donors (Lipinski definition) is 3. The predicted octanol–water partition coefficient (Wildman–Crippen LogP) is 4.24. The van der Waals surface area contributed by atoms with Gasteiger partial charge in [-0.2, -0.15) is 13.2 Å². The Morgan fingerprint density at radius 1 is 1.13 bits per heavy atom. The standard InChI is InChI=1S/C21H22F3N3O2S/c1-25-20(26-11-14-6-8-16(9-7-14)29-13-21(22,23)24)27-12-17(28)19-10-15-4-2-3-5-18(15)30-19/h2-10,17,28H,11-13H2,1H3,(H2,25,26,27). The Kier molecular flexibility index (Phi) is 7.17. The lowest BCUT2D eigenvalue weighted by molar-refractivity contribution is -0.153. The number of halogens is 3. The zero-order valence-corrected chi connectivity index (χ0v) is 17.1. The van der Waals surface area contributed by atoms with Gasteiger partial charge in [-0.15, -0.1) is 11.3 Å². The maximum absolute atomic E-state index is 12.2. The van der Waals surface area contributed by atoms with Crippen LogP contribution < -0.4 is 15.4 Å². The van der Waals surface area contributed by atoms with Crippen LogP contribution in [0, 0.1) is 0 Å². The van der Waals surface area contributed by atoms with Gasteiger partial charge in [0, 0.05) is 29.7 Å². The molecule has 0 aliphatic carbocycles. The molecule has 3 N–H and O–H groups in total. The van der Waals surface area contributed by atoms with E-state index in [9.17, 15) is 18.3 Å². The number of guanidine groups is 1. The quantitative estimate of drug-likeness (QED) is 0.382. The Hall–Kier alpha value is -2.78. The second-order valence-electron chi connectivity index (χ2n) is 6.56. The van der Waals surface area contributed by atoms with E-state index in [1.54, 1.807) is 30.5 Å². The molecule has 160 valence electrons. The number of nitrogens with one attached hydrogen (secondary N) is 2. The summed E-state index contributed by atoms with van der Waals surface area (Å²) < 4.78 is 42.4. The van der Waals surface area contributed by atoms with E-state index in [4.69, 9.17) is 4.74 Å². The highest BCUT2D eigenvalue weighted by Crippen LogP contribution is 2.29. The summed E-state index contributed by atoms with van der Waals surface area (Å²) in [6.45, 7) is -0.613. The van der Waals surface area contributed by atoms with Gasteiger partial charge in [0.2, 0.25) is 0 Å². The number of ether oxygens (including phenoxy) is 1. The monoisotopic (exact) mass is 437 g/mol. The first-order valence-corrected chi connectivity index (χ1v) is 10.1. The maximum atomic E-state index is 12.2. The van der Waals surface area contributed by atoms with Gasteiger partial charge in [-0.1, -0.05) is 30.3 Å². The largest absolute Gasteiger partial charge is 0.484 e. The van der Waals surface area contributed by atoms with Gasteiger partial charge >= 0.3 is 6.18 Å². The summed E-state index contributed by atoms with van der Waals surface area (Å²) in [5.41, 5.74) is 0.849. The minimum absolute atomic E-state index is 0.157. The van der Waals surface area contributed by atoms with E-state index in [0.29, 0.717) is 12.5 Å². The van der Waals surface area contributed by atoms with E-state index in [2.05, 4.69) is 15.6 Å². The first kappa shape index (κ1) is 21.9. The molecule has 3 aromatic rings. The smallest absolute Gasteiger partial charge is 0.422 e. The van der Waals surface area contributed by atoms with Crippen LogP contribution in [0.1, 0.15) is 16.5 Å². The Morgan fingerprint density at radius 2 is 1.87 bits per heavy atom. The molecule has 5 nitrogen and oxygen atoms in total. The van der Waals surface area contributed by atoms with Crippen LogP contribution in [0.5, 0.6) is 5.75 Å². The van der Waals surface area contributed by atoms with E-state index in [1.165, 1.54) is 12.1 Å². The van der Waals surface area contributed by atoms with Crippen molar-refractivity contribution in [3.05, 3.63) is 65.0 Å². The van der Waals surface area contributed by atoms with Crippen LogP contribution in [0.3, 0.4) is 0 Å². The SMILES string of the molecule is CN=C(NCc1ccc(OCC(F)(F)F)cc1)NCC(O)c1cc2ccccc2s1. The first-order valence-electron chi connectivity index (χ1n) is 9.23. The molecule has 1 aromatic heterocycles. The molecule has 30 heavy (non-hydrogen) atoms. The van der Waals surface area contributed by atoms with Crippen LogP contribution in [0.2, 0.25) is 0 Å². The minimum Gasteiger partial charge on any atom is -0.484 e. The number of rotatable bonds is 7. The maximum Gasteiger partial charge on any atom is 0.422 e. The number of benzene rings is 2. The molecule has 0 spiro atoms. The number of thiophene rings is 1. The highest BCUT2D eigenvalue weighted by atomic mass is 32.1. The second kappa shape index (κ2) is 9.82. The minimum atomic E-state index is -4.36. The van der Waals surface area contributed by atoms with Crippen molar-refractivity contribution in [2.45, 2.75) is 18.8 Å². The van der Waals surface area contributed by atoms with E-state index >= 15 is 0 Å². The Balaban J connectivity index is 1.47. The molecule has 9 heteroatoms. The predicted molar refractivity (Wildman–Crippen MR) is 113 cm³/mol. The fraction of sp³-hybridized carbons (Fsp3) is 0.286. The summed E-state index contributed by atoms with van der Waals surface area (Å²) in [5, 5.41) is 17.7. The van der Waals surface area contributed by atoms with Crippen molar-refractivity contribution >= 4 is 27.4 Å². The Bertz CT molecular complexity index is 954. The van der Waals surface area contributed by atoms with Gasteiger partial charge in [-0.05, 0) is 35.2 Å². The average Bonchev–Trinajstić information content (AvgIpc) is 3.17. The number of alkyl halides is 3. The fourth-order valence-corrected chi connectivity index (χ4v) is 3.79. The molecule has 0 amide bonds. The van der Waals surface area contributed by atoms with Gasteiger partial charge in [0.25, 0.3) is 0 Å². The van der Waals surface area contributed by atoms with Crippen LogP contribution in [-0.2, 0) is 6.54 Å². The third kappa shape index (κ3) is 6.36. The Labute approximate surface area is 176 Å². The van der Waals surface area contributed by atoms with Crippen LogP contribution in [0.4, 0.5) is 13.2 Å². The van der Waals surface area contributed by atoms with Gasteiger partial charge < -0.3 is 20.5 Å².